The smallest absolute Gasteiger partial charge is 0.0643 e. The third kappa shape index (κ3) is 3.69. The Morgan fingerprint density at radius 2 is 1.16 bits per heavy atom. The first-order valence-corrected chi connectivity index (χ1v) is 18.2. The van der Waals surface area contributed by atoms with Gasteiger partial charge in [0.1, 0.15) is 0 Å². The lowest BCUT2D eigenvalue weighted by Crippen LogP contribution is -2.02. The van der Waals surface area contributed by atoms with E-state index in [1.54, 1.807) is 0 Å². The Hall–Kier alpha value is -4.94. The van der Waals surface area contributed by atoms with Gasteiger partial charge in [0.15, 0.2) is 0 Å². The van der Waals surface area contributed by atoms with Gasteiger partial charge in [0.25, 0.3) is 0 Å². The first kappa shape index (κ1) is 24.6. The van der Waals surface area contributed by atoms with Gasteiger partial charge >= 0.3 is 0 Å². The molecule has 43 heavy (non-hydrogen) atoms. The molecule has 0 saturated heterocycles. The van der Waals surface area contributed by atoms with E-state index < -0.39 is 18.9 Å². The lowest BCUT2D eigenvalue weighted by Gasteiger charge is -2.17. The molecule has 0 saturated carbocycles. The fourth-order valence-corrected chi connectivity index (χ4v) is 10.2. The van der Waals surface area contributed by atoms with Gasteiger partial charge in [-0.2, -0.15) is 0 Å². The molecule has 4 heteroatoms. The van der Waals surface area contributed by atoms with Crippen molar-refractivity contribution in [1.82, 2.24) is 14.1 Å². The molecule has 0 N–H and O–H groups in total. The van der Waals surface area contributed by atoms with Crippen LogP contribution in [0, 0.1) is 3.57 Å². The van der Waals surface area contributed by atoms with Crippen LogP contribution in [0.2, 0.25) is 0 Å². The summed E-state index contributed by atoms with van der Waals surface area (Å²) in [6.45, 7) is 0. The largest absolute Gasteiger partial charge is 0.309 e. The Morgan fingerprint density at radius 1 is 0.558 bits per heavy atom. The second kappa shape index (κ2) is 9.54. The molecule has 0 aliphatic carbocycles. The van der Waals surface area contributed by atoms with Crippen molar-refractivity contribution in [3.05, 3.63) is 149 Å². The lowest BCUT2D eigenvalue weighted by molar-refractivity contribution is 1.12. The van der Waals surface area contributed by atoms with Crippen LogP contribution in [0.25, 0.3) is 66.5 Å². The average molecular weight is 664 g/mol. The molecular formula is C39H26IN3. The fourth-order valence-electron chi connectivity index (χ4n) is 6.68. The second-order valence-corrected chi connectivity index (χ2v) is 15.0. The molecule has 1 aliphatic heterocycles. The van der Waals surface area contributed by atoms with Gasteiger partial charge in [-0.25, -0.2) is 0 Å². The molecule has 8 aromatic rings. The molecule has 0 spiro atoms. The van der Waals surface area contributed by atoms with E-state index in [0.717, 1.165) is 5.69 Å². The van der Waals surface area contributed by atoms with Gasteiger partial charge in [-0.3, -0.25) is 4.98 Å². The molecule has 5 aromatic carbocycles. The van der Waals surface area contributed by atoms with E-state index >= 15 is 0 Å². The standard InChI is InChI=1S/C39H26IN3/c1-40-24-33-32-23-27(17-19-38(32)43(29-12-6-3-7-13-29)39(33)34-25-41-21-20-35(34)40)26-16-18-37-31(22-26)30-14-8-9-15-36(30)42(37)28-10-4-2-5-11-28/h2-25H,1H2. The fraction of sp³-hybridized carbons (Fsp3) is 0. The molecular weight excluding hydrogens is 637 g/mol. The first-order chi connectivity index (χ1) is 21.3. The van der Waals surface area contributed by atoms with Crippen LogP contribution in [-0.4, -0.2) is 22.6 Å². The maximum atomic E-state index is 4.66. The van der Waals surface area contributed by atoms with E-state index in [0.29, 0.717) is 0 Å². The topological polar surface area (TPSA) is 22.8 Å². The molecule has 0 bridgehead atoms. The molecule has 3 nitrogen and oxygen atoms in total. The van der Waals surface area contributed by atoms with Crippen LogP contribution in [0.3, 0.4) is 0 Å². The van der Waals surface area contributed by atoms with E-state index in [4.69, 9.17) is 0 Å². The van der Waals surface area contributed by atoms with Crippen molar-refractivity contribution < 1.29 is 0 Å². The molecule has 0 unspecified atom stereocenters. The number of pyridine rings is 1. The number of fused-ring (bicyclic) bond motifs is 8. The van der Waals surface area contributed by atoms with Gasteiger partial charge in [0, 0.05) is 54.6 Å². The third-order valence-corrected chi connectivity index (χ3v) is 12.4. The minimum Gasteiger partial charge on any atom is -0.309 e. The van der Waals surface area contributed by atoms with Gasteiger partial charge in [-0.1, -0.05) is 71.2 Å². The van der Waals surface area contributed by atoms with Gasteiger partial charge < -0.3 is 9.13 Å². The van der Waals surface area contributed by atoms with Crippen molar-refractivity contribution in [3.63, 3.8) is 0 Å². The van der Waals surface area contributed by atoms with Crippen LogP contribution in [0.5, 0.6) is 0 Å². The predicted molar refractivity (Wildman–Crippen MR) is 191 cm³/mol. The zero-order valence-corrected chi connectivity index (χ0v) is 25.4. The van der Waals surface area contributed by atoms with E-state index in [1.807, 2.05) is 12.4 Å². The summed E-state index contributed by atoms with van der Waals surface area (Å²) in [6.07, 6.45) is 3.94. The Balaban J connectivity index is 1.30. The molecule has 9 rings (SSSR count). The molecule has 0 radical (unpaired) electrons. The normalized spacial score (nSPS) is 12.8. The Bertz CT molecular complexity index is 2460. The van der Waals surface area contributed by atoms with Crippen molar-refractivity contribution in [1.29, 1.82) is 0 Å². The zero-order chi connectivity index (χ0) is 28.5. The molecule has 4 heterocycles. The molecule has 0 fully saturated rings. The molecule has 204 valence electrons. The molecule has 0 atom stereocenters. The minimum atomic E-state index is -1.73. The van der Waals surface area contributed by atoms with Crippen LogP contribution in [0.4, 0.5) is 0 Å². The third-order valence-electron chi connectivity index (χ3n) is 8.57. The summed E-state index contributed by atoms with van der Waals surface area (Å²) < 4.78 is 13.3. The summed E-state index contributed by atoms with van der Waals surface area (Å²) in [5.74, 6) is 0. The number of hydrogen-bond donors (Lipinski definition) is 0. The van der Waals surface area contributed by atoms with E-state index in [2.05, 4.69) is 150 Å². The number of hydrogen-bond acceptors (Lipinski definition) is 1. The highest BCUT2D eigenvalue weighted by Gasteiger charge is 2.24. The zero-order valence-electron chi connectivity index (χ0n) is 23.3. The molecule has 3 aromatic heterocycles. The van der Waals surface area contributed by atoms with E-state index in [1.165, 1.54) is 69.9 Å². The predicted octanol–water partition coefficient (Wildman–Crippen LogP) is 9.73. The van der Waals surface area contributed by atoms with E-state index in [-0.39, 0.29) is 0 Å². The highest BCUT2D eigenvalue weighted by atomic mass is 127. The summed E-state index contributed by atoms with van der Waals surface area (Å²) in [6, 6.07) is 46.1. The van der Waals surface area contributed by atoms with Gasteiger partial charge in [0.2, 0.25) is 0 Å². The highest BCUT2D eigenvalue weighted by molar-refractivity contribution is 14.2. The lowest BCUT2D eigenvalue weighted by atomic mass is 10.00. The van der Waals surface area contributed by atoms with Gasteiger partial charge in [0.05, 0.1) is 22.2 Å². The van der Waals surface area contributed by atoms with E-state index in [9.17, 15) is 0 Å². The SMILES string of the molecule is C=I1=Cc2c(n(-c3ccccc3)c3ccc(-c4ccc5c(c4)c4ccccc4n5-c4ccccc4)cc23)-c2cnccc21. The monoisotopic (exact) mass is 663 g/mol. The maximum absolute atomic E-state index is 4.66. The summed E-state index contributed by atoms with van der Waals surface area (Å²) in [5, 5.41) is 3.79. The average Bonchev–Trinajstić information content (AvgIpc) is 3.58. The minimum absolute atomic E-state index is 1.16. The number of para-hydroxylation sites is 3. The second-order valence-electron chi connectivity index (χ2n) is 10.9. The van der Waals surface area contributed by atoms with Crippen LogP contribution >= 0.6 is 18.9 Å². The maximum Gasteiger partial charge on any atom is 0.0643 e. The Kier molecular flexibility index (Phi) is 5.47. The number of halogens is 1. The summed E-state index contributed by atoms with van der Waals surface area (Å²) in [5.41, 5.74) is 12.1. The highest BCUT2D eigenvalue weighted by Crippen LogP contribution is 2.44. The van der Waals surface area contributed by atoms with Crippen LogP contribution in [-0.2, 0) is 0 Å². The number of rotatable bonds is 3. The number of benzene rings is 5. The first-order valence-electron chi connectivity index (χ1n) is 14.4. The van der Waals surface area contributed by atoms with Crippen LogP contribution in [0.1, 0.15) is 5.56 Å². The summed E-state index contributed by atoms with van der Waals surface area (Å²) >= 11 is -1.73. The van der Waals surface area contributed by atoms with Crippen LogP contribution < -0.4 is 0 Å². The van der Waals surface area contributed by atoms with Crippen LogP contribution in [0.15, 0.2) is 140 Å². The van der Waals surface area contributed by atoms with Crippen molar-refractivity contribution >= 4 is 60.1 Å². The summed E-state index contributed by atoms with van der Waals surface area (Å²) in [4.78, 5) is 4.55. The van der Waals surface area contributed by atoms with Crippen molar-refractivity contribution in [2.45, 2.75) is 0 Å². The van der Waals surface area contributed by atoms with Gasteiger partial charge in [-0.15, -0.1) is 18.9 Å². The summed E-state index contributed by atoms with van der Waals surface area (Å²) in [7, 11) is 0. The van der Waals surface area contributed by atoms with Gasteiger partial charge in [-0.05, 0) is 75.8 Å². The van der Waals surface area contributed by atoms with Crippen molar-refractivity contribution in [2.24, 2.45) is 0 Å². The number of nitrogens with zero attached hydrogens (tertiary/aromatic N) is 3. The van der Waals surface area contributed by atoms with Crippen molar-refractivity contribution in [3.8, 4) is 33.8 Å². The van der Waals surface area contributed by atoms with Crippen molar-refractivity contribution in [2.75, 3.05) is 0 Å². The molecule has 0 amide bonds. The Labute approximate surface area is 255 Å². The Morgan fingerprint density at radius 3 is 1.91 bits per heavy atom. The quantitative estimate of drug-likeness (QED) is 0.173. The molecule has 1 aliphatic rings. The number of aromatic nitrogens is 3.